The molecule has 0 fully saturated rings. The first-order valence-electron chi connectivity index (χ1n) is 5.51. The molecule has 0 radical (unpaired) electrons. The second-order valence-corrected chi connectivity index (χ2v) is 3.85. The number of hydrogen-bond acceptors (Lipinski definition) is 6. The number of nitrogens with two attached hydrogens (primary N) is 2. The van der Waals surface area contributed by atoms with E-state index in [0.29, 0.717) is 0 Å². The lowest BCUT2D eigenvalue weighted by molar-refractivity contribution is -0.114. The number of amides is 1. The summed E-state index contributed by atoms with van der Waals surface area (Å²) in [5.74, 6) is -1.75. The molecular formula is C12H15N3O4. The van der Waals surface area contributed by atoms with Crippen molar-refractivity contribution < 1.29 is 19.5 Å². The maximum atomic E-state index is 11.7. The highest BCUT2D eigenvalue weighted by Crippen LogP contribution is 2.27. The van der Waals surface area contributed by atoms with E-state index in [1.165, 1.54) is 13.0 Å². The molecule has 0 aliphatic carbocycles. The molecule has 0 spiro atoms. The van der Waals surface area contributed by atoms with Crippen LogP contribution in [0.5, 0.6) is 5.75 Å². The molecule has 0 bridgehead atoms. The summed E-state index contributed by atoms with van der Waals surface area (Å²) in [5, 5.41) is 12.1. The van der Waals surface area contributed by atoms with Gasteiger partial charge >= 0.3 is 0 Å². The molecule has 19 heavy (non-hydrogen) atoms. The molecule has 7 heteroatoms. The third-order valence-electron chi connectivity index (χ3n) is 2.42. The predicted octanol–water partition coefficient (Wildman–Crippen LogP) is -0.367. The van der Waals surface area contributed by atoms with Crippen LogP contribution in [-0.4, -0.2) is 35.7 Å². The average molecular weight is 265 g/mol. The quantitative estimate of drug-likeness (QED) is 0.536. The normalized spacial score (nSPS) is 10.1. The third kappa shape index (κ3) is 3.36. The predicted molar refractivity (Wildman–Crippen MR) is 69.2 cm³/mol. The van der Waals surface area contributed by atoms with Crippen LogP contribution in [0.3, 0.4) is 0 Å². The van der Waals surface area contributed by atoms with Gasteiger partial charge in [-0.15, -0.1) is 0 Å². The first-order chi connectivity index (χ1) is 8.90. The Balaban J connectivity index is 3.40. The Morgan fingerprint density at radius 3 is 2.11 bits per heavy atom. The summed E-state index contributed by atoms with van der Waals surface area (Å²) in [6, 6.07) is 2.32. The first-order valence-corrected chi connectivity index (χ1v) is 5.51. The first kappa shape index (κ1) is 14.8. The van der Waals surface area contributed by atoms with Crippen molar-refractivity contribution in [2.45, 2.75) is 6.92 Å². The molecule has 7 nitrogen and oxygen atoms in total. The molecule has 0 aliphatic heterocycles. The number of hydrogen-bond donors (Lipinski definition) is 4. The number of anilines is 1. The van der Waals surface area contributed by atoms with Crippen molar-refractivity contribution in [1.29, 1.82) is 0 Å². The van der Waals surface area contributed by atoms with Gasteiger partial charge in [-0.3, -0.25) is 14.4 Å². The SMILES string of the molecule is CC(=O)Nc1cc(O)c(C(=O)CN)cc1C(=O)CN. The van der Waals surface area contributed by atoms with E-state index in [1.54, 1.807) is 0 Å². The molecule has 0 unspecified atom stereocenters. The van der Waals surface area contributed by atoms with Gasteiger partial charge in [0.05, 0.1) is 24.3 Å². The van der Waals surface area contributed by atoms with Crippen LogP contribution in [0.25, 0.3) is 0 Å². The van der Waals surface area contributed by atoms with Crippen LogP contribution in [0.2, 0.25) is 0 Å². The highest BCUT2D eigenvalue weighted by molar-refractivity contribution is 6.09. The van der Waals surface area contributed by atoms with Crippen LogP contribution in [0.4, 0.5) is 5.69 Å². The van der Waals surface area contributed by atoms with Crippen molar-refractivity contribution in [3.8, 4) is 5.75 Å². The van der Waals surface area contributed by atoms with Gasteiger partial charge in [0.1, 0.15) is 5.75 Å². The standard InChI is InChI=1S/C12H15N3O4/c1-6(16)15-9-3-10(17)8(12(19)5-14)2-7(9)11(18)4-13/h2-3,17H,4-5,13-14H2,1H3,(H,15,16). The number of rotatable bonds is 5. The molecule has 6 N–H and O–H groups in total. The van der Waals surface area contributed by atoms with Crippen molar-refractivity contribution in [2.24, 2.45) is 11.5 Å². The van der Waals surface area contributed by atoms with Gasteiger partial charge in [-0.1, -0.05) is 0 Å². The van der Waals surface area contributed by atoms with E-state index in [-0.39, 0.29) is 35.7 Å². The maximum Gasteiger partial charge on any atom is 0.221 e. The number of ketones is 2. The van der Waals surface area contributed by atoms with E-state index in [1.807, 2.05) is 0 Å². The molecule has 0 saturated carbocycles. The lowest BCUT2D eigenvalue weighted by Gasteiger charge is -2.12. The fourth-order valence-corrected chi connectivity index (χ4v) is 1.56. The van der Waals surface area contributed by atoms with Crippen LogP contribution in [0.15, 0.2) is 12.1 Å². The Bertz CT molecular complexity index is 540. The second-order valence-electron chi connectivity index (χ2n) is 3.85. The monoisotopic (exact) mass is 265 g/mol. The minimum Gasteiger partial charge on any atom is -0.507 e. The number of carbonyl (C=O) groups is 3. The molecule has 102 valence electrons. The molecule has 0 heterocycles. The molecule has 1 amide bonds. The molecule has 1 aromatic rings. The summed E-state index contributed by atoms with van der Waals surface area (Å²) >= 11 is 0. The van der Waals surface area contributed by atoms with Gasteiger partial charge in [0.2, 0.25) is 5.91 Å². The smallest absolute Gasteiger partial charge is 0.221 e. The van der Waals surface area contributed by atoms with Crippen LogP contribution < -0.4 is 16.8 Å². The number of phenols is 1. The zero-order chi connectivity index (χ0) is 14.6. The highest BCUT2D eigenvalue weighted by atomic mass is 16.3. The number of carbonyl (C=O) groups excluding carboxylic acids is 3. The van der Waals surface area contributed by atoms with E-state index in [2.05, 4.69) is 5.32 Å². The number of aromatic hydroxyl groups is 1. The fourth-order valence-electron chi connectivity index (χ4n) is 1.56. The van der Waals surface area contributed by atoms with Crippen molar-refractivity contribution >= 4 is 23.2 Å². The lowest BCUT2D eigenvalue weighted by atomic mass is 10.0. The van der Waals surface area contributed by atoms with Gasteiger partial charge < -0.3 is 21.9 Å². The van der Waals surface area contributed by atoms with Gasteiger partial charge in [0, 0.05) is 18.6 Å². The highest BCUT2D eigenvalue weighted by Gasteiger charge is 2.18. The zero-order valence-electron chi connectivity index (χ0n) is 10.4. The fraction of sp³-hybridized carbons (Fsp3) is 0.250. The molecule has 1 rings (SSSR count). The zero-order valence-corrected chi connectivity index (χ0v) is 10.4. The molecular weight excluding hydrogens is 250 g/mol. The number of nitrogens with one attached hydrogen (secondary N) is 1. The van der Waals surface area contributed by atoms with Gasteiger partial charge in [-0.05, 0) is 6.07 Å². The Morgan fingerprint density at radius 1 is 1.11 bits per heavy atom. The van der Waals surface area contributed by atoms with Crippen LogP contribution in [0.1, 0.15) is 27.6 Å². The number of Topliss-reactive ketones (excluding diaryl/α,β-unsaturated/α-hetero) is 2. The lowest BCUT2D eigenvalue weighted by Crippen LogP contribution is -2.19. The summed E-state index contributed by atoms with van der Waals surface area (Å²) in [7, 11) is 0. The molecule has 0 atom stereocenters. The van der Waals surface area contributed by atoms with Crippen molar-refractivity contribution in [3.63, 3.8) is 0 Å². The van der Waals surface area contributed by atoms with Gasteiger partial charge in [-0.25, -0.2) is 0 Å². The Morgan fingerprint density at radius 2 is 1.63 bits per heavy atom. The van der Waals surface area contributed by atoms with E-state index < -0.39 is 17.5 Å². The van der Waals surface area contributed by atoms with Crippen LogP contribution in [-0.2, 0) is 4.79 Å². The number of phenolic OH excluding ortho intramolecular Hbond substituents is 1. The average Bonchev–Trinajstić information content (AvgIpc) is 2.36. The van der Waals surface area contributed by atoms with E-state index in [0.717, 1.165) is 6.07 Å². The largest absolute Gasteiger partial charge is 0.507 e. The molecule has 0 aliphatic rings. The Kier molecular flexibility index (Phi) is 4.74. The van der Waals surface area contributed by atoms with Crippen molar-refractivity contribution in [3.05, 3.63) is 23.3 Å². The minimum atomic E-state index is -0.516. The van der Waals surface area contributed by atoms with Gasteiger partial charge in [0.15, 0.2) is 11.6 Å². The number of benzene rings is 1. The van der Waals surface area contributed by atoms with E-state index in [4.69, 9.17) is 11.5 Å². The third-order valence-corrected chi connectivity index (χ3v) is 2.42. The Labute approximate surface area is 109 Å². The molecule has 0 saturated heterocycles. The van der Waals surface area contributed by atoms with Gasteiger partial charge in [-0.2, -0.15) is 0 Å². The minimum absolute atomic E-state index is 0.0623. The summed E-state index contributed by atoms with van der Waals surface area (Å²) in [6.07, 6.45) is 0. The molecule has 1 aromatic carbocycles. The summed E-state index contributed by atoms with van der Waals surface area (Å²) in [4.78, 5) is 34.2. The summed E-state index contributed by atoms with van der Waals surface area (Å²) in [6.45, 7) is 0.670. The molecule has 0 aromatic heterocycles. The summed E-state index contributed by atoms with van der Waals surface area (Å²) in [5.41, 5.74) is 10.6. The van der Waals surface area contributed by atoms with E-state index >= 15 is 0 Å². The van der Waals surface area contributed by atoms with Crippen LogP contribution in [0, 0.1) is 0 Å². The maximum absolute atomic E-state index is 11.7. The van der Waals surface area contributed by atoms with Crippen LogP contribution >= 0.6 is 0 Å². The Hall–Kier alpha value is -2.25. The summed E-state index contributed by atoms with van der Waals surface area (Å²) < 4.78 is 0. The van der Waals surface area contributed by atoms with Crippen molar-refractivity contribution in [1.82, 2.24) is 0 Å². The van der Waals surface area contributed by atoms with Crippen molar-refractivity contribution in [2.75, 3.05) is 18.4 Å². The second kappa shape index (κ2) is 6.07. The van der Waals surface area contributed by atoms with E-state index in [9.17, 15) is 19.5 Å². The topological polar surface area (TPSA) is 136 Å². The van der Waals surface area contributed by atoms with Gasteiger partial charge in [0.25, 0.3) is 0 Å².